The summed E-state index contributed by atoms with van der Waals surface area (Å²) in [5.74, 6) is -0.449. The van der Waals surface area contributed by atoms with Gasteiger partial charge in [-0.15, -0.1) is 11.3 Å². The zero-order valence-electron chi connectivity index (χ0n) is 10.9. The minimum Gasteiger partial charge on any atom is -0.302 e. The Bertz CT molecular complexity index is 567. The largest absolute Gasteiger partial charge is 0.302 e. The number of carbonyl (C=O) groups is 1. The molecule has 2 rings (SSSR count). The number of rotatable bonds is 3. The number of nitrogens with one attached hydrogen (secondary N) is 1. The summed E-state index contributed by atoms with van der Waals surface area (Å²) >= 11 is 1.37. The highest BCUT2D eigenvalue weighted by atomic mass is 32.2. The van der Waals surface area contributed by atoms with Gasteiger partial charge >= 0.3 is 0 Å². The molecule has 0 radical (unpaired) electrons. The lowest BCUT2D eigenvalue weighted by molar-refractivity contribution is -0.120. The Morgan fingerprint density at radius 3 is 2.89 bits per heavy atom. The molecule has 1 fully saturated rings. The van der Waals surface area contributed by atoms with Crippen molar-refractivity contribution in [2.45, 2.75) is 19.8 Å². The molecular weight excluding hydrogens is 286 g/mol. The van der Waals surface area contributed by atoms with Crippen LogP contribution in [0.5, 0.6) is 0 Å². The van der Waals surface area contributed by atoms with Gasteiger partial charge in [0.05, 0.1) is 17.9 Å². The van der Waals surface area contributed by atoms with Crippen LogP contribution in [0.15, 0.2) is 5.38 Å². The van der Waals surface area contributed by atoms with Gasteiger partial charge in [0.2, 0.25) is 15.9 Å². The minimum atomic E-state index is -3.22. The molecule has 1 unspecified atom stereocenters. The number of piperidine rings is 1. The van der Waals surface area contributed by atoms with Gasteiger partial charge in [-0.2, -0.15) is 0 Å². The van der Waals surface area contributed by atoms with E-state index in [-0.39, 0.29) is 18.4 Å². The number of sulfonamides is 1. The molecule has 1 atom stereocenters. The zero-order valence-corrected chi connectivity index (χ0v) is 12.6. The van der Waals surface area contributed by atoms with E-state index in [2.05, 4.69) is 10.3 Å². The lowest BCUT2D eigenvalue weighted by Gasteiger charge is -2.29. The van der Waals surface area contributed by atoms with Crippen LogP contribution in [0.4, 0.5) is 5.13 Å². The van der Waals surface area contributed by atoms with E-state index < -0.39 is 10.0 Å². The number of hydrogen-bond donors (Lipinski definition) is 1. The second-order valence-corrected chi connectivity index (χ2v) is 7.58. The summed E-state index contributed by atoms with van der Waals surface area (Å²) in [6.45, 7) is 2.62. The lowest BCUT2D eigenvalue weighted by atomic mass is 9.99. The van der Waals surface area contributed by atoms with Gasteiger partial charge < -0.3 is 5.32 Å². The second kappa shape index (κ2) is 5.56. The monoisotopic (exact) mass is 303 g/mol. The number of amides is 1. The summed E-state index contributed by atoms with van der Waals surface area (Å²) in [4.78, 5) is 16.3. The molecule has 0 saturated carbocycles. The van der Waals surface area contributed by atoms with Gasteiger partial charge in [0, 0.05) is 18.5 Å². The van der Waals surface area contributed by atoms with Gasteiger partial charge in [0.1, 0.15) is 0 Å². The van der Waals surface area contributed by atoms with Crippen molar-refractivity contribution < 1.29 is 13.2 Å². The van der Waals surface area contributed by atoms with Crippen molar-refractivity contribution in [3.05, 3.63) is 11.1 Å². The van der Waals surface area contributed by atoms with E-state index in [9.17, 15) is 13.2 Å². The van der Waals surface area contributed by atoms with Gasteiger partial charge in [-0.25, -0.2) is 17.7 Å². The molecule has 1 N–H and O–H groups in total. The molecule has 0 spiro atoms. The molecule has 106 valence electrons. The van der Waals surface area contributed by atoms with Crippen molar-refractivity contribution in [3.8, 4) is 0 Å². The van der Waals surface area contributed by atoms with E-state index in [1.165, 1.54) is 21.9 Å². The topological polar surface area (TPSA) is 79.4 Å². The Morgan fingerprint density at radius 2 is 2.32 bits per heavy atom. The number of thiazole rings is 1. The molecule has 1 aromatic heterocycles. The normalized spacial score (nSPS) is 21.3. The fraction of sp³-hybridized carbons (Fsp3) is 0.636. The predicted molar refractivity (Wildman–Crippen MR) is 74.6 cm³/mol. The average molecular weight is 303 g/mol. The van der Waals surface area contributed by atoms with E-state index in [4.69, 9.17) is 0 Å². The van der Waals surface area contributed by atoms with Crippen LogP contribution in [0.3, 0.4) is 0 Å². The highest BCUT2D eigenvalue weighted by Crippen LogP contribution is 2.21. The summed E-state index contributed by atoms with van der Waals surface area (Å²) in [7, 11) is -3.22. The molecule has 19 heavy (non-hydrogen) atoms. The van der Waals surface area contributed by atoms with Crippen LogP contribution in [0.2, 0.25) is 0 Å². The Balaban J connectivity index is 1.99. The van der Waals surface area contributed by atoms with E-state index in [1.54, 1.807) is 0 Å². The number of hydrogen-bond acceptors (Lipinski definition) is 5. The Kier molecular flexibility index (Phi) is 4.22. The fourth-order valence-corrected chi connectivity index (χ4v) is 3.68. The Morgan fingerprint density at radius 1 is 1.58 bits per heavy atom. The first-order valence-electron chi connectivity index (χ1n) is 6.04. The number of anilines is 1. The molecular formula is C11H17N3O3S2. The zero-order chi connectivity index (χ0) is 14.0. The molecule has 1 aromatic rings. The second-order valence-electron chi connectivity index (χ2n) is 4.74. The van der Waals surface area contributed by atoms with Crippen LogP contribution in [-0.2, 0) is 14.8 Å². The molecule has 0 aliphatic carbocycles. The number of aromatic nitrogens is 1. The van der Waals surface area contributed by atoms with Crippen LogP contribution in [0, 0.1) is 12.8 Å². The van der Waals surface area contributed by atoms with Crippen molar-refractivity contribution in [1.82, 2.24) is 9.29 Å². The summed E-state index contributed by atoms with van der Waals surface area (Å²) < 4.78 is 24.4. The number of nitrogens with zero attached hydrogens (tertiary/aromatic N) is 2. The molecule has 2 heterocycles. The molecule has 8 heteroatoms. The van der Waals surface area contributed by atoms with Gasteiger partial charge in [-0.1, -0.05) is 0 Å². The van der Waals surface area contributed by atoms with E-state index in [0.29, 0.717) is 24.5 Å². The molecule has 1 saturated heterocycles. The average Bonchev–Trinajstić information content (AvgIpc) is 2.74. The Labute approximate surface area is 116 Å². The molecule has 1 aliphatic rings. The van der Waals surface area contributed by atoms with Crippen LogP contribution in [0.1, 0.15) is 18.5 Å². The van der Waals surface area contributed by atoms with E-state index >= 15 is 0 Å². The first-order valence-corrected chi connectivity index (χ1v) is 8.77. The number of aryl methyl sites for hydroxylation is 1. The SMILES string of the molecule is Cc1csc(NC(=O)C2CCCN(S(C)(=O)=O)C2)n1. The molecule has 0 aromatic carbocycles. The van der Waals surface area contributed by atoms with Crippen LogP contribution >= 0.6 is 11.3 Å². The maximum atomic E-state index is 12.1. The number of carbonyl (C=O) groups excluding carboxylic acids is 1. The van der Waals surface area contributed by atoms with Crippen LogP contribution in [-0.4, -0.2) is 43.0 Å². The van der Waals surface area contributed by atoms with Crippen LogP contribution in [0.25, 0.3) is 0 Å². The summed E-state index contributed by atoms with van der Waals surface area (Å²) in [5.41, 5.74) is 0.863. The highest BCUT2D eigenvalue weighted by Gasteiger charge is 2.30. The molecule has 0 bridgehead atoms. The van der Waals surface area contributed by atoms with Crippen molar-refractivity contribution >= 4 is 32.4 Å². The Hall–Kier alpha value is -0.990. The lowest BCUT2D eigenvalue weighted by Crippen LogP contribution is -2.43. The summed E-state index contributed by atoms with van der Waals surface area (Å²) in [6.07, 6.45) is 2.60. The molecule has 1 amide bonds. The third kappa shape index (κ3) is 3.74. The maximum Gasteiger partial charge on any atom is 0.230 e. The highest BCUT2D eigenvalue weighted by molar-refractivity contribution is 7.88. The van der Waals surface area contributed by atoms with E-state index in [1.807, 2.05) is 12.3 Å². The predicted octanol–water partition coefficient (Wildman–Crippen LogP) is 1.06. The summed E-state index contributed by atoms with van der Waals surface area (Å²) in [5, 5.41) is 5.18. The minimum absolute atomic E-state index is 0.150. The van der Waals surface area contributed by atoms with Crippen LogP contribution < -0.4 is 5.32 Å². The van der Waals surface area contributed by atoms with Gasteiger partial charge in [-0.3, -0.25) is 4.79 Å². The maximum absolute atomic E-state index is 12.1. The quantitative estimate of drug-likeness (QED) is 0.905. The van der Waals surface area contributed by atoms with Gasteiger partial charge in [-0.05, 0) is 19.8 Å². The third-order valence-electron chi connectivity index (χ3n) is 3.07. The van der Waals surface area contributed by atoms with E-state index in [0.717, 1.165) is 5.69 Å². The summed E-state index contributed by atoms with van der Waals surface area (Å²) in [6, 6.07) is 0. The van der Waals surface area contributed by atoms with Crippen molar-refractivity contribution in [2.24, 2.45) is 5.92 Å². The smallest absolute Gasteiger partial charge is 0.230 e. The van der Waals surface area contributed by atoms with Gasteiger partial charge in [0.25, 0.3) is 0 Å². The van der Waals surface area contributed by atoms with Crippen molar-refractivity contribution in [2.75, 3.05) is 24.7 Å². The third-order valence-corrected chi connectivity index (χ3v) is 5.22. The van der Waals surface area contributed by atoms with Crippen molar-refractivity contribution in [1.29, 1.82) is 0 Å². The first-order chi connectivity index (χ1) is 8.86. The standard InChI is InChI=1S/C11H17N3O3S2/c1-8-7-18-11(12-8)13-10(15)9-4-3-5-14(6-9)19(2,16)17/h7,9H,3-6H2,1-2H3,(H,12,13,15). The van der Waals surface area contributed by atoms with Gasteiger partial charge in [0.15, 0.2) is 5.13 Å². The first kappa shape index (κ1) is 14.4. The fourth-order valence-electron chi connectivity index (χ4n) is 2.08. The molecule has 6 nitrogen and oxygen atoms in total. The molecule has 1 aliphatic heterocycles. The van der Waals surface area contributed by atoms with Crippen molar-refractivity contribution in [3.63, 3.8) is 0 Å².